The van der Waals surface area contributed by atoms with Crippen LogP contribution in [0.5, 0.6) is 0 Å². The van der Waals surface area contributed by atoms with Crippen LogP contribution in [0.15, 0.2) is 12.3 Å². The van der Waals surface area contributed by atoms with E-state index in [4.69, 9.17) is 8.92 Å². The van der Waals surface area contributed by atoms with Crippen molar-refractivity contribution in [3.63, 3.8) is 0 Å². The Morgan fingerprint density at radius 2 is 2.07 bits per heavy atom. The van der Waals surface area contributed by atoms with Crippen molar-refractivity contribution in [3.8, 4) is 0 Å². The summed E-state index contributed by atoms with van der Waals surface area (Å²) in [6.07, 6.45) is 3.00. The van der Waals surface area contributed by atoms with E-state index in [0.29, 0.717) is 0 Å². The maximum Gasteiger partial charge on any atom is 0.423 e. The zero-order chi connectivity index (χ0) is 11.7. The summed E-state index contributed by atoms with van der Waals surface area (Å²) in [5, 5.41) is 0. The number of carbonyl (C=O) groups is 1. The van der Waals surface area contributed by atoms with Gasteiger partial charge in [0.2, 0.25) is 0 Å². The molecule has 0 aromatic heterocycles. The first-order valence-corrected chi connectivity index (χ1v) is 5.47. The lowest BCUT2D eigenvalue weighted by Crippen LogP contribution is -2.45. The summed E-state index contributed by atoms with van der Waals surface area (Å²) < 4.78 is 11.8. The van der Waals surface area contributed by atoms with Crippen LogP contribution in [0, 0.1) is 0 Å². The molecular weight excluding hydrogens is 214 g/mol. The molecule has 0 aromatic rings. The average Bonchev–Trinajstić information content (AvgIpc) is 1.99. The second-order valence-corrected chi connectivity index (χ2v) is 5.61. The van der Waals surface area contributed by atoms with Gasteiger partial charge in [0.1, 0.15) is 11.9 Å². The lowest BCUT2D eigenvalue weighted by Gasteiger charge is -2.36. The number of amides is 1. The molecule has 1 rings (SSSR count). The fourth-order valence-corrected chi connectivity index (χ4v) is 1.54. The lowest BCUT2D eigenvalue weighted by atomic mass is 10.1. The summed E-state index contributed by atoms with van der Waals surface area (Å²) in [6, 6.07) is 0. The van der Waals surface area contributed by atoms with Crippen molar-refractivity contribution in [1.29, 1.82) is 0 Å². The second kappa shape index (κ2) is 3.96. The molecule has 86 valence electrons. The van der Waals surface area contributed by atoms with Crippen LogP contribution in [-0.2, 0) is 8.92 Å². The van der Waals surface area contributed by atoms with Gasteiger partial charge in [-0.15, -0.1) is 0 Å². The van der Waals surface area contributed by atoms with Crippen LogP contribution in [-0.4, -0.2) is 21.5 Å². The molecule has 0 fully saturated rings. The molecular formula is C10H17NO3S. The van der Waals surface area contributed by atoms with E-state index in [1.165, 1.54) is 4.31 Å². The van der Waals surface area contributed by atoms with Crippen molar-refractivity contribution in [2.45, 2.75) is 45.8 Å². The Hall–Kier alpha value is -0.840. The topological polar surface area (TPSA) is 38.8 Å². The van der Waals surface area contributed by atoms with Crippen LogP contribution >= 0.6 is 12.2 Å². The molecule has 0 bridgehead atoms. The molecule has 1 aliphatic heterocycles. The fraction of sp³-hybridized carbons (Fsp3) is 0.700. The van der Waals surface area contributed by atoms with Crippen molar-refractivity contribution in [1.82, 2.24) is 4.31 Å². The summed E-state index contributed by atoms with van der Waals surface area (Å²) in [6.45, 7) is 9.35. The van der Waals surface area contributed by atoms with Crippen LogP contribution in [0.25, 0.3) is 0 Å². The molecule has 1 amide bonds. The van der Waals surface area contributed by atoms with Gasteiger partial charge in [0.15, 0.2) is 12.2 Å². The third kappa shape index (κ3) is 3.34. The van der Waals surface area contributed by atoms with Crippen LogP contribution in [0.1, 0.15) is 34.6 Å². The maximum absolute atomic E-state index is 11.8. The summed E-state index contributed by atoms with van der Waals surface area (Å²) in [5.41, 5.74) is -0.889. The van der Waals surface area contributed by atoms with Crippen molar-refractivity contribution < 1.29 is 13.7 Å². The summed E-state index contributed by atoms with van der Waals surface area (Å²) in [7, 11) is 0. The zero-order valence-electron chi connectivity index (χ0n) is 9.73. The normalized spacial score (nSPS) is 19.7. The van der Waals surface area contributed by atoms with E-state index in [1.54, 1.807) is 6.26 Å². The predicted octanol–water partition coefficient (Wildman–Crippen LogP) is 3.11. The largest absolute Gasteiger partial charge is 0.443 e. The molecule has 15 heavy (non-hydrogen) atoms. The van der Waals surface area contributed by atoms with Crippen molar-refractivity contribution in [2.75, 3.05) is 0 Å². The van der Waals surface area contributed by atoms with Gasteiger partial charge >= 0.3 is 6.09 Å². The van der Waals surface area contributed by atoms with Gasteiger partial charge in [-0.25, -0.2) is 9.10 Å². The average molecular weight is 231 g/mol. The quantitative estimate of drug-likeness (QED) is 0.474. The van der Waals surface area contributed by atoms with E-state index >= 15 is 0 Å². The van der Waals surface area contributed by atoms with Crippen LogP contribution in [0.2, 0.25) is 0 Å². The molecule has 4 nitrogen and oxygen atoms in total. The van der Waals surface area contributed by atoms with Gasteiger partial charge in [-0.05, 0) is 40.7 Å². The molecule has 0 aromatic carbocycles. The zero-order valence-corrected chi connectivity index (χ0v) is 10.6. The first-order valence-electron chi connectivity index (χ1n) is 4.77. The van der Waals surface area contributed by atoms with Crippen LogP contribution in [0.3, 0.4) is 0 Å². The number of nitrogens with zero attached hydrogens (tertiary/aromatic N) is 1. The van der Waals surface area contributed by atoms with E-state index in [1.807, 2.05) is 40.7 Å². The van der Waals surface area contributed by atoms with E-state index in [9.17, 15) is 4.79 Å². The van der Waals surface area contributed by atoms with Crippen LogP contribution < -0.4 is 0 Å². The molecule has 0 N–H and O–H groups in total. The molecule has 0 unspecified atom stereocenters. The Morgan fingerprint density at radius 3 is 2.53 bits per heavy atom. The fourth-order valence-electron chi connectivity index (χ4n) is 0.995. The van der Waals surface area contributed by atoms with Crippen molar-refractivity contribution in [3.05, 3.63) is 12.3 Å². The minimum Gasteiger partial charge on any atom is -0.443 e. The smallest absolute Gasteiger partial charge is 0.423 e. The highest BCUT2D eigenvalue weighted by Crippen LogP contribution is 2.32. The molecule has 1 aliphatic rings. The Bertz CT molecular complexity index is 281. The molecule has 0 radical (unpaired) electrons. The number of ether oxygens (including phenoxy) is 1. The van der Waals surface area contributed by atoms with E-state index < -0.39 is 11.1 Å². The van der Waals surface area contributed by atoms with Gasteiger partial charge in [-0.2, -0.15) is 0 Å². The molecule has 0 saturated carbocycles. The minimum atomic E-state index is -0.491. The Morgan fingerprint density at radius 1 is 1.47 bits per heavy atom. The van der Waals surface area contributed by atoms with Gasteiger partial charge in [0, 0.05) is 0 Å². The number of hydrogen-bond acceptors (Lipinski definition) is 4. The van der Waals surface area contributed by atoms with Gasteiger partial charge in [-0.1, -0.05) is 0 Å². The molecule has 0 atom stereocenters. The van der Waals surface area contributed by atoms with Gasteiger partial charge < -0.3 is 8.92 Å². The number of hydrogen-bond donors (Lipinski definition) is 0. The lowest BCUT2D eigenvalue weighted by molar-refractivity contribution is 0.0307. The van der Waals surface area contributed by atoms with E-state index in [0.717, 1.165) is 12.2 Å². The third-order valence-corrected chi connectivity index (χ3v) is 2.70. The predicted molar refractivity (Wildman–Crippen MR) is 60.0 cm³/mol. The SMILES string of the molecule is CC(C)(C)OC(=O)N1SOC=CC1(C)C. The summed E-state index contributed by atoms with van der Waals surface area (Å²) in [5.74, 6) is 0. The Balaban J connectivity index is 2.72. The Kier molecular flexibility index (Phi) is 3.23. The maximum atomic E-state index is 11.8. The van der Waals surface area contributed by atoms with Gasteiger partial charge in [0.25, 0.3) is 0 Å². The van der Waals surface area contributed by atoms with Crippen molar-refractivity contribution >= 4 is 18.3 Å². The molecule has 0 spiro atoms. The highest BCUT2D eigenvalue weighted by Gasteiger charge is 2.36. The number of rotatable bonds is 0. The monoisotopic (exact) mass is 231 g/mol. The molecule has 1 heterocycles. The first-order chi connectivity index (χ1) is 6.72. The van der Waals surface area contributed by atoms with Gasteiger partial charge in [0.05, 0.1) is 5.54 Å². The highest BCUT2D eigenvalue weighted by atomic mass is 32.2. The minimum absolute atomic E-state index is 0.387. The third-order valence-electron chi connectivity index (χ3n) is 1.73. The Labute approximate surface area is 94.9 Å². The molecule has 5 heteroatoms. The van der Waals surface area contributed by atoms with Crippen molar-refractivity contribution in [2.24, 2.45) is 0 Å². The summed E-state index contributed by atoms with van der Waals surface area (Å²) >= 11 is 0.991. The molecule has 0 saturated heterocycles. The van der Waals surface area contributed by atoms with Crippen LogP contribution in [0.4, 0.5) is 4.79 Å². The van der Waals surface area contributed by atoms with E-state index in [2.05, 4.69) is 0 Å². The standard InChI is InChI=1S/C10H17NO3S/c1-9(2,3)14-8(12)11-10(4,5)6-7-13-15-11/h6-7H,1-5H3. The van der Waals surface area contributed by atoms with E-state index in [-0.39, 0.29) is 6.09 Å². The highest BCUT2D eigenvalue weighted by molar-refractivity contribution is 7.93. The second-order valence-electron chi connectivity index (χ2n) is 4.90. The molecule has 0 aliphatic carbocycles. The first kappa shape index (κ1) is 12.2. The summed E-state index contributed by atoms with van der Waals surface area (Å²) in [4.78, 5) is 11.8. The van der Waals surface area contributed by atoms with Gasteiger partial charge in [-0.3, -0.25) is 0 Å². The number of carbonyl (C=O) groups excluding carboxylic acids is 1.